The first-order valence-corrected chi connectivity index (χ1v) is 13.7. The second-order valence-corrected chi connectivity index (χ2v) is 10.2. The lowest BCUT2D eigenvalue weighted by atomic mass is 9.89. The van der Waals surface area contributed by atoms with Crippen molar-refractivity contribution in [2.24, 2.45) is 4.99 Å². The molecule has 0 fully saturated rings. The van der Waals surface area contributed by atoms with Gasteiger partial charge >= 0.3 is 0 Å². The van der Waals surface area contributed by atoms with Gasteiger partial charge in [-0.2, -0.15) is 0 Å². The van der Waals surface area contributed by atoms with E-state index >= 15 is 0 Å². The van der Waals surface area contributed by atoms with Crippen molar-refractivity contribution in [3.05, 3.63) is 106 Å². The molecule has 0 aromatic heterocycles. The summed E-state index contributed by atoms with van der Waals surface area (Å²) in [7, 11) is 0. The summed E-state index contributed by atoms with van der Waals surface area (Å²) in [5, 5.41) is 13.1. The molecule has 2 atom stereocenters. The number of carbonyl (C=O) groups is 1. The van der Waals surface area contributed by atoms with Crippen LogP contribution in [-0.2, 0) is 16.0 Å². The van der Waals surface area contributed by atoms with Crippen molar-refractivity contribution >= 4 is 41.1 Å². The van der Waals surface area contributed by atoms with Crippen LogP contribution in [0.2, 0.25) is 10.0 Å². The zero-order valence-corrected chi connectivity index (χ0v) is 23.3. The van der Waals surface area contributed by atoms with Crippen molar-refractivity contribution in [2.45, 2.75) is 37.8 Å². The predicted molar refractivity (Wildman–Crippen MR) is 157 cm³/mol. The second kappa shape index (κ2) is 13.7. The highest BCUT2D eigenvalue weighted by Gasteiger charge is 2.49. The summed E-state index contributed by atoms with van der Waals surface area (Å²) in [5.74, 6) is 0.889. The fraction of sp³-hybridized carbons (Fsp3) is 0.290. The van der Waals surface area contributed by atoms with E-state index < -0.39 is 11.6 Å². The molecule has 0 aliphatic carbocycles. The molecule has 0 spiro atoms. The Morgan fingerprint density at radius 3 is 2.62 bits per heavy atom. The van der Waals surface area contributed by atoms with E-state index in [1.807, 2.05) is 79.7 Å². The van der Waals surface area contributed by atoms with Gasteiger partial charge in [0, 0.05) is 41.6 Å². The Bertz CT molecular complexity index is 1310. The normalized spacial score (nSPS) is 18.6. The van der Waals surface area contributed by atoms with E-state index in [2.05, 4.69) is 5.32 Å². The van der Waals surface area contributed by atoms with Crippen LogP contribution in [-0.4, -0.2) is 48.3 Å². The maximum Gasteiger partial charge on any atom is 0.252 e. The number of hydrogen-bond donors (Lipinski definition) is 2. The third-order valence-corrected chi connectivity index (χ3v) is 7.15. The minimum Gasteiger partial charge on any atom is -0.494 e. The number of hydrogen-bond acceptors (Lipinski definition) is 5. The smallest absolute Gasteiger partial charge is 0.252 e. The Morgan fingerprint density at radius 2 is 1.90 bits per heavy atom. The Hall–Kier alpha value is -3.32. The molecular weight excluding hydrogens is 535 g/mol. The number of halogens is 2. The number of aliphatic hydroxyl groups excluding tert-OH is 1. The van der Waals surface area contributed by atoms with E-state index in [0.717, 1.165) is 16.7 Å². The maximum absolute atomic E-state index is 13.7. The third-order valence-electron chi connectivity index (χ3n) is 6.56. The van der Waals surface area contributed by atoms with Crippen LogP contribution in [0.4, 0.5) is 0 Å². The van der Waals surface area contributed by atoms with Crippen LogP contribution in [0.5, 0.6) is 5.75 Å². The highest BCUT2D eigenvalue weighted by Crippen LogP contribution is 2.33. The summed E-state index contributed by atoms with van der Waals surface area (Å²) in [5.41, 5.74) is 1.56. The highest BCUT2D eigenvalue weighted by atomic mass is 35.5. The molecule has 4 rings (SSSR count). The van der Waals surface area contributed by atoms with Gasteiger partial charge in [0.1, 0.15) is 11.9 Å². The summed E-state index contributed by atoms with van der Waals surface area (Å²) in [6.45, 7) is 2.77. The zero-order chi connectivity index (χ0) is 27.7. The number of aliphatic hydroxyl groups is 1. The van der Waals surface area contributed by atoms with E-state index in [1.165, 1.54) is 0 Å². The summed E-state index contributed by atoms with van der Waals surface area (Å²) in [4.78, 5) is 18.6. The van der Waals surface area contributed by atoms with Crippen molar-refractivity contribution < 1.29 is 19.4 Å². The molecule has 1 amide bonds. The van der Waals surface area contributed by atoms with Crippen LogP contribution >= 0.6 is 23.2 Å². The Morgan fingerprint density at radius 1 is 1.13 bits per heavy atom. The Kier molecular flexibility index (Phi) is 10.0. The van der Waals surface area contributed by atoms with Crippen LogP contribution in [0.15, 0.2) is 83.9 Å². The lowest BCUT2D eigenvalue weighted by molar-refractivity contribution is -0.128. The lowest BCUT2D eigenvalue weighted by Crippen LogP contribution is -2.51. The second-order valence-electron chi connectivity index (χ2n) is 9.31. The van der Waals surface area contributed by atoms with E-state index in [4.69, 9.17) is 42.8 Å². The molecule has 6 nitrogen and oxygen atoms in total. The molecule has 2 N–H and O–H groups in total. The van der Waals surface area contributed by atoms with E-state index in [0.29, 0.717) is 54.1 Å². The summed E-state index contributed by atoms with van der Waals surface area (Å²) >= 11 is 12.3. The fourth-order valence-electron chi connectivity index (χ4n) is 4.31. The molecule has 3 aromatic rings. The van der Waals surface area contributed by atoms with Gasteiger partial charge in [0.2, 0.25) is 5.90 Å². The summed E-state index contributed by atoms with van der Waals surface area (Å²) < 4.78 is 11.8. The first kappa shape index (κ1) is 28.7. The van der Waals surface area contributed by atoms with Crippen molar-refractivity contribution in [1.82, 2.24) is 5.32 Å². The molecule has 0 saturated carbocycles. The molecule has 8 heteroatoms. The summed E-state index contributed by atoms with van der Waals surface area (Å²) in [6, 6.07) is 22.6. The molecule has 0 unspecified atom stereocenters. The average molecular weight is 568 g/mol. The number of nitrogens with zero attached hydrogens (tertiary/aromatic N) is 1. The molecule has 204 valence electrons. The molecule has 3 aromatic carbocycles. The number of nitrogens with one attached hydrogen (secondary N) is 1. The van der Waals surface area contributed by atoms with Crippen LogP contribution in [0.1, 0.15) is 36.5 Å². The number of rotatable bonds is 12. The van der Waals surface area contributed by atoms with Gasteiger partial charge in [0.15, 0.2) is 5.54 Å². The standard InChI is InChI=1S/C31H32Cl2N2O4/c1-22-31(17-5-9-23-7-3-2-4-8-23,30(37)34-18-16-24-10-13-26(32)21-28(24)33)35-29(39-22)25-11-14-27(15-12-25)38-20-6-19-36/h2-5,7-15,21-22,36H,6,16-20H2,1H3,(H,34,37)/b9-5+/t22-,31-/m1/s1. The van der Waals surface area contributed by atoms with Crippen LogP contribution in [0.3, 0.4) is 0 Å². The SMILES string of the molecule is C[C@H]1OC(c2ccc(OCCCO)cc2)=N[C@@]1(C/C=C/c1ccccc1)C(=O)NCCc1ccc(Cl)cc1Cl. The van der Waals surface area contributed by atoms with Crippen LogP contribution < -0.4 is 10.1 Å². The predicted octanol–water partition coefficient (Wildman–Crippen LogP) is 6.12. The monoisotopic (exact) mass is 566 g/mol. The van der Waals surface area contributed by atoms with E-state index in [1.54, 1.807) is 12.1 Å². The number of ether oxygens (including phenoxy) is 2. The minimum absolute atomic E-state index is 0.0796. The number of aliphatic imine (C=N–C) groups is 1. The van der Waals surface area contributed by atoms with Gasteiger partial charge in [0.25, 0.3) is 5.91 Å². The highest BCUT2D eigenvalue weighted by molar-refractivity contribution is 6.35. The molecule has 0 bridgehead atoms. The van der Waals surface area contributed by atoms with Crippen molar-refractivity contribution in [3.63, 3.8) is 0 Å². The fourth-order valence-corrected chi connectivity index (χ4v) is 4.81. The average Bonchev–Trinajstić information content (AvgIpc) is 3.28. The van der Waals surface area contributed by atoms with Gasteiger partial charge in [-0.1, -0.05) is 71.8 Å². The van der Waals surface area contributed by atoms with Gasteiger partial charge in [-0.15, -0.1) is 0 Å². The van der Waals surface area contributed by atoms with Crippen molar-refractivity contribution in [3.8, 4) is 5.75 Å². The Labute approximate surface area is 239 Å². The number of amides is 1. The topological polar surface area (TPSA) is 80.2 Å². The maximum atomic E-state index is 13.7. The summed E-state index contributed by atoms with van der Waals surface area (Å²) in [6.07, 6.45) is 4.95. The first-order valence-electron chi connectivity index (χ1n) is 13.0. The Balaban J connectivity index is 1.53. The van der Waals surface area contributed by atoms with Gasteiger partial charge in [-0.05, 0) is 60.9 Å². The van der Waals surface area contributed by atoms with E-state index in [9.17, 15) is 4.79 Å². The molecular formula is C31H32Cl2N2O4. The lowest BCUT2D eigenvalue weighted by Gasteiger charge is -2.27. The molecule has 0 radical (unpaired) electrons. The van der Waals surface area contributed by atoms with E-state index in [-0.39, 0.29) is 12.5 Å². The number of benzene rings is 3. The first-order chi connectivity index (χ1) is 18.9. The largest absolute Gasteiger partial charge is 0.494 e. The van der Waals surface area contributed by atoms with Crippen LogP contribution in [0.25, 0.3) is 6.08 Å². The number of carbonyl (C=O) groups excluding carboxylic acids is 1. The van der Waals surface area contributed by atoms with Gasteiger partial charge in [0.05, 0.1) is 6.61 Å². The molecule has 1 aliphatic heterocycles. The molecule has 0 saturated heterocycles. The quantitative estimate of drug-likeness (QED) is 0.259. The van der Waals surface area contributed by atoms with Gasteiger partial charge < -0.3 is 19.9 Å². The van der Waals surface area contributed by atoms with Crippen LogP contribution in [0, 0.1) is 0 Å². The van der Waals surface area contributed by atoms with Crippen molar-refractivity contribution in [2.75, 3.05) is 19.8 Å². The molecule has 1 heterocycles. The molecule has 39 heavy (non-hydrogen) atoms. The minimum atomic E-state index is -1.14. The van der Waals surface area contributed by atoms with Crippen molar-refractivity contribution in [1.29, 1.82) is 0 Å². The molecule has 1 aliphatic rings. The van der Waals surface area contributed by atoms with Gasteiger partial charge in [-0.3, -0.25) is 4.79 Å². The zero-order valence-electron chi connectivity index (χ0n) is 21.8. The van der Waals surface area contributed by atoms with Gasteiger partial charge in [-0.25, -0.2) is 4.99 Å². The third kappa shape index (κ3) is 7.41.